The molecule has 2 aromatic carbocycles. The number of nitrogens with zero attached hydrogens (tertiary/aromatic N) is 1. The number of thiazole rings is 1. The fourth-order valence-electron chi connectivity index (χ4n) is 1.89. The van der Waals surface area contributed by atoms with Gasteiger partial charge in [-0.15, -0.1) is 0 Å². The summed E-state index contributed by atoms with van der Waals surface area (Å²) in [6.07, 6.45) is 0. The van der Waals surface area contributed by atoms with Crippen LogP contribution in [-0.4, -0.2) is 11.6 Å². The van der Waals surface area contributed by atoms with E-state index in [0.29, 0.717) is 6.61 Å². The first kappa shape index (κ1) is 12.0. The molecule has 0 fully saturated rings. The van der Waals surface area contributed by atoms with Crippen molar-refractivity contribution in [3.8, 4) is 5.75 Å². The number of hydrogen-bond acceptors (Lipinski definition) is 4. The largest absolute Gasteiger partial charge is 0.492 e. The van der Waals surface area contributed by atoms with Crippen LogP contribution >= 0.6 is 11.3 Å². The van der Waals surface area contributed by atoms with Gasteiger partial charge in [-0.2, -0.15) is 0 Å². The third-order valence-electron chi connectivity index (χ3n) is 2.71. The molecule has 3 nitrogen and oxygen atoms in total. The normalized spacial score (nSPS) is 10.6. The first-order chi connectivity index (χ1) is 9.36. The summed E-state index contributed by atoms with van der Waals surface area (Å²) in [5.41, 5.74) is 1.97. The van der Waals surface area contributed by atoms with Crippen molar-refractivity contribution in [3.63, 3.8) is 0 Å². The molecule has 0 aliphatic carbocycles. The second-order valence-corrected chi connectivity index (χ2v) is 5.08. The third kappa shape index (κ3) is 2.53. The number of fused-ring (bicyclic) bond motifs is 1. The van der Waals surface area contributed by atoms with Crippen LogP contribution in [0.3, 0.4) is 0 Å². The van der Waals surface area contributed by atoms with Crippen molar-refractivity contribution >= 4 is 32.4 Å². The number of rotatable bonds is 4. The molecule has 1 aromatic heterocycles. The lowest BCUT2D eigenvalue weighted by Gasteiger charge is -2.02. The Bertz CT molecular complexity index is 679. The van der Waals surface area contributed by atoms with Gasteiger partial charge in [0.2, 0.25) is 0 Å². The van der Waals surface area contributed by atoms with Crippen LogP contribution in [0, 0.1) is 0 Å². The van der Waals surface area contributed by atoms with Crippen LogP contribution in [0.25, 0.3) is 10.2 Å². The lowest BCUT2D eigenvalue weighted by molar-refractivity contribution is 0.344. The molecule has 1 heterocycles. The minimum Gasteiger partial charge on any atom is -0.492 e. The zero-order chi connectivity index (χ0) is 13.1. The molecule has 0 spiro atoms. The smallest absolute Gasteiger partial charge is 0.188 e. The van der Waals surface area contributed by atoms with E-state index in [4.69, 9.17) is 4.74 Å². The molecular formula is C15H14N2OS. The Balaban J connectivity index is 1.95. The molecule has 3 rings (SSSR count). The predicted molar refractivity (Wildman–Crippen MR) is 80.5 cm³/mol. The van der Waals surface area contributed by atoms with E-state index in [1.807, 2.05) is 49.4 Å². The summed E-state index contributed by atoms with van der Waals surface area (Å²) in [7, 11) is 0. The van der Waals surface area contributed by atoms with E-state index in [9.17, 15) is 0 Å². The standard InChI is InChI=1S/C15H14N2OS/c1-2-18-12-9-6-10-13-14(12)17-15(19-13)16-11-7-4-3-5-8-11/h3-10H,2H2,1H3,(H,16,17). The molecule has 0 saturated heterocycles. The van der Waals surface area contributed by atoms with Gasteiger partial charge in [-0.25, -0.2) is 4.98 Å². The second kappa shape index (κ2) is 5.28. The highest BCUT2D eigenvalue weighted by molar-refractivity contribution is 7.22. The summed E-state index contributed by atoms with van der Waals surface area (Å²) in [6.45, 7) is 2.63. The SMILES string of the molecule is CCOc1cccc2sc(Nc3ccccc3)nc12. The van der Waals surface area contributed by atoms with E-state index < -0.39 is 0 Å². The molecule has 0 bridgehead atoms. The van der Waals surface area contributed by atoms with Gasteiger partial charge in [0.15, 0.2) is 5.13 Å². The van der Waals surface area contributed by atoms with Crippen LogP contribution in [-0.2, 0) is 0 Å². The number of hydrogen-bond donors (Lipinski definition) is 1. The summed E-state index contributed by atoms with van der Waals surface area (Å²) in [5, 5.41) is 4.20. The predicted octanol–water partition coefficient (Wildman–Crippen LogP) is 4.44. The third-order valence-corrected chi connectivity index (χ3v) is 3.64. The second-order valence-electron chi connectivity index (χ2n) is 4.05. The molecule has 3 aromatic rings. The summed E-state index contributed by atoms with van der Waals surface area (Å²) in [6, 6.07) is 16.1. The molecule has 0 atom stereocenters. The van der Waals surface area contributed by atoms with Crippen molar-refractivity contribution in [2.45, 2.75) is 6.92 Å². The molecule has 0 saturated carbocycles. The van der Waals surface area contributed by atoms with Crippen LogP contribution in [0.15, 0.2) is 48.5 Å². The highest BCUT2D eigenvalue weighted by atomic mass is 32.1. The molecule has 0 unspecified atom stereocenters. The molecule has 0 aliphatic heterocycles. The maximum absolute atomic E-state index is 5.60. The van der Waals surface area contributed by atoms with E-state index in [2.05, 4.69) is 16.4 Å². The summed E-state index contributed by atoms with van der Waals surface area (Å²) < 4.78 is 6.73. The van der Waals surface area contributed by atoms with E-state index in [1.165, 1.54) is 0 Å². The van der Waals surface area contributed by atoms with Crippen LogP contribution in [0.4, 0.5) is 10.8 Å². The molecule has 0 radical (unpaired) electrons. The monoisotopic (exact) mass is 270 g/mol. The zero-order valence-electron chi connectivity index (χ0n) is 10.6. The van der Waals surface area contributed by atoms with Gasteiger partial charge < -0.3 is 10.1 Å². The lowest BCUT2D eigenvalue weighted by Crippen LogP contribution is -1.92. The fourth-order valence-corrected chi connectivity index (χ4v) is 2.80. The summed E-state index contributed by atoms with van der Waals surface area (Å²) in [4.78, 5) is 4.61. The molecule has 0 amide bonds. The van der Waals surface area contributed by atoms with Gasteiger partial charge >= 0.3 is 0 Å². The Morgan fingerprint density at radius 1 is 1.11 bits per heavy atom. The maximum Gasteiger partial charge on any atom is 0.188 e. The highest BCUT2D eigenvalue weighted by Crippen LogP contribution is 2.33. The summed E-state index contributed by atoms with van der Waals surface area (Å²) >= 11 is 1.63. The van der Waals surface area contributed by atoms with Gasteiger partial charge in [-0.3, -0.25) is 0 Å². The summed E-state index contributed by atoms with van der Waals surface area (Å²) in [5.74, 6) is 0.845. The van der Waals surface area contributed by atoms with Crippen LogP contribution in [0.5, 0.6) is 5.75 Å². The maximum atomic E-state index is 5.60. The molecule has 0 aliphatic rings. The Morgan fingerprint density at radius 2 is 1.95 bits per heavy atom. The van der Waals surface area contributed by atoms with Gasteiger partial charge in [-0.1, -0.05) is 35.6 Å². The van der Waals surface area contributed by atoms with Crippen LogP contribution < -0.4 is 10.1 Å². The van der Waals surface area contributed by atoms with Crippen molar-refractivity contribution in [2.24, 2.45) is 0 Å². The first-order valence-corrected chi connectivity index (χ1v) is 7.03. The average molecular weight is 270 g/mol. The van der Waals surface area contributed by atoms with E-state index >= 15 is 0 Å². The van der Waals surface area contributed by atoms with E-state index in [0.717, 1.165) is 26.8 Å². The van der Waals surface area contributed by atoms with Crippen molar-refractivity contribution in [2.75, 3.05) is 11.9 Å². The Hall–Kier alpha value is -2.07. The molecule has 1 N–H and O–H groups in total. The highest BCUT2D eigenvalue weighted by Gasteiger charge is 2.08. The number of nitrogens with one attached hydrogen (secondary N) is 1. The molecule has 19 heavy (non-hydrogen) atoms. The topological polar surface area (TPSA) is 34.1 Å². The number of ether oxygens (including phenoxy) is 1. The Labute approximate surface area is 115 Å². The fraction of sp³-hybridized carbons (Fsp3) is 0.133. The quantitative estimate of drug-likeness (QED) is 0.761. The number of para-hydroxylation sites is 2. The Morgan fingerprint density at radius 3 is 2.74 bits per heavy atom. The van der Waals surface area contributed by atoms with Crippen LogP contribution in [0.1, 0.15) is 6.92 Å². The molecule has 4 heteroatoms. The van der Waals surface area contributed by atoms with Crippen molar-refractivity contribution < 1.29 is 4.74 Å². The number of aromatic nitrogens is 1. The van der Waals surface area contributed by atoms with Crippen LogP contribution in [0.2, 0.25) is 0 Å². The molecular weight excluding hydrogens is 256 g/mol. The minimum absolute atomic E-state index is 0.651. The minimum atomic E-state index is 0.651. The van der Waals surface area contributed by atoms with Gasteiger partial charge in [-0.05, 0) is 31.2 Å². The van der Waals surface area contributed by atoms with E-state index in [-0.39, 0.29) is 0 Å². The Kier molecular flexibility index (Phi) is 3.33. The average Bonchev–Trinajstić information content (AvgIpc) is 2.84. The van der Waals surface area contributed by atoms with Crippen molar-refractivity contribution in [3.05, 3.63) is 48.5 Å². The van der Waals surface area contributed by atoms with E-state index in [1.54, 1.807) is 11.3 Å². The van der Waals surface area contributed by atoms with Gasteiger partial charge in [0.1, 0.15) is 11.3 Å². The van der Waals surface area contributed by atoms with Gasteiger partial charge in [0.25, 0.3) is 0 Å². The van der Waals surface area contributed by atoms with Crippen molar-refractivity contribution in [1.82, 2.24) is 4.98 Å². The van der Waals surface area contributed by atoms with Crippen molar-refractivity contribution in [1.29, 1.82) is 0 Å². The molecule has 96 valence electrons. The first-order valence-electron chi connectivity index (χ1n) is 6.21. The van der Waals surface area contributed by atoms with Gasteiger partial charge in [0, 0.05) is 5.69 Å². The van der Waals surface area contributed by atoms with Gasteiger partial charge in [0.05, 0.1) is 11.3 Å². The zero-order valence-corrected chi connectivity index (χ0v) is 11.4. The number of benzene rings is 2. The number of anilines is 2. The lowest BCUT2D eigenvalue weighted by atomic mass is 10.3.